The molecule has 0 aliphatic carbocycles. The van der Waals surface area contributed by atoms with E-state index in [9.17, 15) is 14.7 Å². The van der Waals surface area contributed by atoms with Crippen molar-refractivity contribution >= 4 is 11.8 Å². The topological polar surface area (TPSA) is 106 Å². The maximum atomic E-state index is 12.0. The minimum atomic E-state index is -0.861. The highest BCUT2D eigenvalue weighted by Crippen LogP contribution is 2.22. The van der Waals surface area contributed by atoms with Crippen LogP contribution in [-0.2, 0) is 0 Å². The highest BCUT2D eigenvalue weighted by Gasteiger charge is 2.34. The number of rotatable bonds is 5. The zero-order valence-corrected chi connectivity index (χ0v) is 10.1. The minimum Gasteiger partial charge on any atom is -0.393 e. The molecule has 1 N–H and O–H groups in total. The van der Waals surface area contributed by atoms with Gasteiger partial charge < -0.3 is 5.11 Å². The van der Waals surface area contributed by atoms with Gasteiger partial charge in [-0.3, -0.25) is 14.5 Å². The maximum absolute atomic E-state index is 12.0. The number of amides is 2. The standard InChI is InChI=1S/C12H12N4O3/c13-15-14-7-8(17)5-6-16-11(18)9-3-1-2-4-10(9)12(16)19/h1-4,8,17H,5-7H2. The summed E-state index contributed by atoms with van der Waals surface area (Å²) in [6, 6.07) is 6.60. The van der Waals surface area contributed by atoms with Gasteiger partial charge in [0.15, 0.2) is 0 Å². The molecule has 1 atom stereocenters. The number of aliphatic hydroxyl groups is 1. The van der Waals surface area contributed by atoms with Crippen molar-refractivity contribution in [2.24, 2.45) is 5.11 Å². The lowest BCUT2D eigenvalue weighted by molar-refractivity contribution is 0.0625. The molecule has 0 bridgehead atoms. The van der Waals surface area contributed by atoms with Gasteiger partial charge in [0.1, 0.15) is 0 Å². The molecule has 0 saturated heterocycles. The number of carbonyl (C=O) groups excluding carboxylic acids is 2. The van der Waals surface area contributed by atoms with Crippen molar-refractivity contribution in [3.63, 3.8) is 0 Å². The number of benzene rings is 1. The van der Waals surface area contributed by atoms with Crippen LogP contribution in [-0.4, -0.2) is 41.0 Å². The summed E-state index contributed by atoms with van der Waals surface area (Å²) in [5, 5.41) is 12.8. The van der Waals surface area contributed by atoms with Gasteiger partial charge in [-0.05, 0) is 24.1 Å². The largest absolute Gasteiger partial charge is 0.393 e. The molecule has 1 aliphatic rings. The molecule has 0 aromatic heterocycles. The number of nitrogens with zero attached hydrogens (tertiary/aromatic N) is 4. The highest BCUT2D eigenvalue weighted by molar-refractivity contribution is 6.21. The summed E-state index contributed by atoms with van der Waals surface area (Å²) in [6.45, 7) is 0.0358. The maximum Gasteiger partial charge on any atom is 0.261 e. The van der Waals surface area contributed by atoms with Crippen LogP contribution in [0.15, 0.2) is 29.4 Å². The summed E-state index contributed by atoms with van der Waals surface area (Å²) in [7, 11) is 0. The van der Waals surface area contributed by atoms with Crippen molar-refractivity contribution in [3.05, 3.63) is 45.8 Å². The van der Waals surface area contributed by atoms with Gasteiger partial charge in [0.05, 0.1) is 23.8 Å². The number of hydrogen-bond acceptors (Lipinski definition) is 4. The van der Waals surface area contributed by atoms with Gasteiger partial charge in [0.25, 0.3) is 11.8 Å². The lowest BCUT2D eigenvalue weighted by Gasteiger charge is -2.15. The zero-order chi connectivity index (χ0) is 13.8. The third-order valence-corrected chi connectivity index (χ3v) is 2.92. The van der Waals surface area contributed by atoms with Gasteiger partial charge in [-0.25, -0.2) is 0 Å². The number of carbonyl (C=O) groups is 2. The second kappa shape index (κ2) is 5.51. The van der Waals surface area contributed by atoms with Crippen molar-refractivity contribution in [2.75, 3.05) is 13.1 Å². The summed E-state index contributed by atoms with van der Waals surface area (Å²) in [6.07, 6.45) is -0.676. The van der Waals surface area contributed by atoms with Gasteiger partial charge in [0.2, 0.25) is 0 Å². The molecule has 0 spiro atoms. The second-order valence-electron chi connectivity index (χ2n) is 4.16. The molecule has 1 heterocycles. The Kier molecular flexibility index (Phi) is 3.79. The average molecular weight is 260 g/mol. The van der Waals surface area contributed by atoms with E-state index in [0.29, 0.717) is 11.1 Å². The molecule has 98 valence electrons. The molecule has 1 unspecified atom stereocenters. The first-order valence-corrected chi connectivity index (χ1v) is 5.79. The second-order valence-corrected chi connectivity index (χ2v) is 4.16. The first kappa shape index (κ1) is 13.1. The molecule has 7 heteroatoms. The Balaban J connectivity index is 2.02. The minimum absolute atomic E-state index is 0.0698. The Hall–Kier alpha value is -2.37. The third kappa shape index (κ3) is 2.57. The fourth-order valence-corrected chi connectivity index (χ4v) is 1.94. The van der Waals surface area contributed by atoms with Crippen molar-refractivity contribution in [1.82, 2.24) is 4.90 Å². The van der Waals surface area contributed by atoms with Crippen LogP contribution < -0.4 is 0 Å². The van der Waals surface area contributed by atoms with E-state index in [1.54, 1.807) is 24.3 Å². The molecule has 2 amide bonds. The first-order valence-electron chi connectivity index (χ1n) is 5.79. The van der Waals surface area contributed by atoms with E-state index in [0.717, 1.165) is 4.90 Å². The molecular formula is C12H12N4O3. The molecule has 19 heavy (non-hydrogen) atoms. The predicted molar refractivity (Wildman–Crippen MR) is 66.4 cm³/mol. The predicted octanol–water partition coefficient (Wildman–Crippen LogP) is 1.34. The van der Waals surface area contributed by atoms with Gasteiger partial charge in [0, 0.05) is 11.5 Å². The van der Waals surface area contributed by atoms with Crippen LogP contribution in [0.25, 0.3) is 10.4 Å². The van der Waals surface area contributed by atoms with Crippen molar-refractivity contribution in [1.29, 1.82) is 0 Å². The van der Waals surface area contributed by atoms with E-state index in [2.05, 4.69) is 10.0 Å². The number of fused-ring (bicyclic) bond motifs is 1. The van der Waals surface area contributed by atoms with Crippen LogP contribution >= 0.6 is 0 Å². The number of azide groups is 1. The number of aliphatic hydroxyl groups excluding tert-OH is 1. The number of imide groups is 1. The fourth-order valence-electron chi connectivity index (χ4n) is 1.94. The van der Waals surface area contributed by atoms with E-state index in [-0.39, 0.29) is 31.3 Å². The van der Waals surface area contributed by atoms with E-state index in [1.165, 1.54) is 0 Å². The van der Waals surface area contributed by atoms with Gasteiger partial charge in [-0.2, -0.15) is 0 Å². The Morgan fingerprint density at radius 1 is 1.26 bits per heavy atom. The van der Waals surface area contributed by atoms with Crippen LogP contribution in [0.3, 0.4) is 0 Å². The fraction of sp³-hybridized carbons (Fsp3) is 0.333. The van der Waals surface area contributed by atoms with Crippen molar-refractivity contribution in [2.45, 2.75) is 12.5 Å². The summed E-state index contributed by atoms with van der Waals surface area (Å²) >= 11 is 0. The Morgan fingerprint density at radius 2 is 1.84 bits per heavy atom. The average Bonchev–Trinajstić information content (AvgIpc) is 2.67. The van der Waals surface area contributed by atoms with Gasteiger partial charge in [-0.1, -0.05) is 17.2 Å². The molecule has 1 aromatic carbocycles. The van der Waals surface area contributed by atoms with Crippen LogP contribution in [0.4, 0.5) is 0 Å². The Morgan fingerprint density at radius 3 is 2.37 bits per heavy atom. The molecular weight excluding hydrogens is 248 g/mol. The van der Waals surface area contributed by atoms with Gasteiger partial charge in [-0.15, -0.1) is 0 Å². The molecule has 0 radical (unpaired) electrons. The monoisotopic (exact) mass is 260 g/mol. The Bertz CT molecular complexity index is 531. The lowest BCUT2D eigenvalue weighted by atomic mass is 10.1. The Labute approximate surface area is 109 Å². The van der Waals surface area contributed by atoms with E-state index in [4.69, 9.17) is 5.53 Å². The lowest BCUT2D eigenvalue weighted by Crippen LogP contribution is -2.33. The van der Waals surface area contributed by atoms with E-state index >= 15 is 0 Å². The highest BCUT2D eigenvalue weighted by atomic mass is 16.3. The quantitative estimate of drug-likeness (QED) is 0.373. The summed E-state index contributed by atoms with van der Waals surface area (Å²) < 4.78 is 0. The summed E-state index contributed by atoms with van der Waals surface area (Å²) in [5.41, 5.74) is 8.90. The number of hydrogen-bond donors (Lipinski definition) is 1. The molecule has 2 rings (SSSR count). The van der Waals surface area contributed by atoms with E-state index in [1.807, 2.05) is 0 Å². The van der Waals surface area contributed by atoms with Crippen molar-refractivity contribution < 1.29 is 14.7 Å². The van der Waals surface area contributed by atoms with Crippen LogP contribution in [0.2, 0.25) is 0 Å². The third-order valence-electron chi connectivity index (χ3n) is 2.92. The zero-order valence-electron chi connectivity index (χ0n) is 10.1. The van der Waals surface area contributed by atoms with Crippen molar-refractivity contribution in [3.8, 4) is 0 Å². The van der Waals surface area contributed by atoms with Crippen LogP contribution in [0.1, 0.15) is 27.1 Å². The molecule has 1 aromatic rings. The normalized spacial score (nSPS) is 15.1. The summed E-state index contributed by atoms with van der Waals surface area (Å²) in [4.78, 5) is 27.6. The van der Waals surface area contributed by atoms with E-state index < -0.39 is 6.10 Å². The molecule has 1 aliphatic heterocycles. The van der Waals surface area contributed by atoms with Crippen LogP contribution in [0.5, 0.6) is 0 Å². The SMILES string of the molecule is [N-]=[N+]=NCC(O)CCN1C(=O)c2ccccc2C1=O. The van der Waals surface area contributed by atoms with Crippen LogP contribution in [0, 0.1) is 0 Å². The molecule has 0 fully saturated rings. The van der Waals surface area contributed by atoms with Gasteiger partial charge >= 0.3 is 0 Å². The summed E-state index contributed by atoms with van der Waals surface area (Å²) in [5.74, 6) is -0.701. The smallest absolute Gasteiger partial charge is 0.261 e. The molecule has 0 saturated carbocycles. The first-order chi connectivity index (χ1) is 9.15. The molecule has 7 nitrogen and oxygen atoms in total.